The molecule has 0 unspecified atom stereocenters. The zero-order chi connectivity index (χ0) is 19.0. The number of hydrogen-bond donors (Lipinski definition) is 0. The third-order valence-corrected chi connectivity index (χ3v) is 4.24. The first kappa shape index (κ1) is 17.2. The first-order valence-corrected chi connectivity index (χ1v) is 8.14. The number of benzene rings is 2. The van der Waals surface area contributed by atoms with E-state index in [-0.39, 0.29) is 5.82 Å². The highest BCUT2D eigenvalue weighted by atomic mass is 19.4. The number of hydrogen-bond acceptors (Lipinski definition) is 2. The molecule has 0 fully saturated rings. The summed E-state index contributed by atoms with van der Waals surface area (Å²) in [5.41, 5.74) is 2.25. The molecule has 0 radical (unpaired) electrons. The lowest BCUT2D eigenvalue weighted by molar-refractivity contribution is -0.137. The zero-order valence-corrected chi connectivity index (χ0v) is 13.9. The maximum absolute atomic E-state index is 13.4. The number of pyridine rings is 1. The van der Waals surface area contributed by atoms with Gasteiger partial charge in [-0.25, -0.2) is 4.39 Å². The fourth-order valence-electron chi connectivity index (χ4n) is 2.92. The summed E-state index contributed by atoms with van der Waals surface area (Å²) in [6.45, 7) is 0.328. The summed E-state index contributed by atoms with van der Waals surface area (Å²) in [5, 5.41) is 4.26. The number of aromatic nitrogens is 3. The second kappa shape index (κ2) is 6.50. The zero-order valence-electron chi connectivity index (χ0n) is 13.9. The lowest BCUT2D eigenvalue weighted by Crippen LogP contribution is -2.04. The van der Waals surface area contributed by atoms with E-state index in [4.69, 9.17) is 0 Å². The number of alkyl halides is 3. The molecule has 0 amide bonds. The van der Waals surface area contributed by atoms with Crippen molar-refractivity contribution < 1.29 is 17.6 Å². The van der Waals surface area contributed by atoms with Crippen LogP contribution >= 0.6 is 0 Å². The summed E-state index contributed by atoms with van der Waals surface area (Å²) in [6.07, 6.45) is -1.32. The molecule has 0 bridgehead atoms. The van der Waals surface area contributed by atoms with Crippen molar-refractivity contribution in [3.05, 3.63) is 83.9 Å². The quantitative estimate of drug-likeness (QED) is 0.457. The van der Waals surface area contributed by atoms with Gasteiger partial charge in [-0.15, -0.1) is 0 Å². The molecule has 0 saturated carbocycles. The fraction of sp³-hybridized carbons (Fsp3) is 0.100. The summed E-state index contributed by atoms with van der Waals surface area (Å²) < 4.78 is 53.9. The highest BCUT2D eigenvalue weighted by Gasteiger charge is 2.30. The van der Waals surface area contributed by atoms with Crippen molar-refractivity contribution in [1.29, 1.82) is 0 Å². The predicted molar refractivity (Wildman–Crippen MR) is 93.5 cm³/mol. The number of rotatable bonds is 3. The molecule has 3 nitrogen and oxygen atoms in total. The van der Waals surface area contributed by atoms with Gasteiger partial charge in [0.2, 0.25) is 0 Å². The molecule has 0 N–H and O–H groups in total. The molecular formula is C20H13F4N3. The molecule has 0 atom stereocenters. The smallest absolute Gasteiger partial charge is 0.259 e. The Kier molecular flexibility index (Phi) is 4.14. The molecule has 2 aromatic carbocycles. The van der Waals surface area contributed by atoms with Gasteiger partial charge in [0.25, 0.3) is 0 Å². The van der Waals surface area contributed by atoms with Gasteiger partial charge in [0.1, 0.15) is 11.3 Å². The van der Waals surface area contributed by atoms with Gasteiger partial charge in [-0.2, -0.15) is 18.3 Å². The molecule has 0 aliphatic heterocycles. The third kappa shape index (κ3) is 3.53. The van der Waals surface area contributed by atoms with E-state index in [1.165, 1.54) is 24.4 Å². The maximum atomic E-state index is 13.4. The Hall–Kier alpha value is -3.22. The first-order valence-electron chi connectivity index (χ1n) is 8.14. The van der Waals surface area contributed by atoms with Crippen LogP contribution in [0.1, 0.15) is 11.1 Å². The molecule has 4 rings (SSSR count). The van der Waals surface area contributed by atoms with Crippen molar-refractivity contribution in [2.24, 2.45) is 0 Å². The minimum atomic E-state index is -4.41. The van der Waals surface area contributed by atoms with Gasteiger partial charge in [-0.1, -0.05) is 24.3 Å². The van der Waals surface area contributed by atoms with E-state index < -0.39 is 11.7 Å². The largest absolute Gasteiger partial charge is 0.416 e. The number of halogens is 4. The average Bonchev–Trinajstić information content (AvgIpc) is 3.03. The molecule has 2 heterocycles. The minimum Gasteiger partial charge on any atom is -0.259 e. The van der Waals surface area contributed by atoms with Gasteiger partial charge in [0.15, 0.2) is 0 Å². The second-order valence-corrected chi connectivity index (χ2v) is 6.14. The van der Waals surface area contributed by atoms with Gasteiger partial charge < -0.3 is 0 Å². The van der Waals surface area contributed by atoms with E-state index in [1.807, 2.05) is 0 Å². The van der Waals surface area contributed by atoms with Crippen molar-refractivity contribution >= 4 is 11.0 Å². The molecule has 136 valence electrons. The summed E-state index contributed by atoms with van der Waals surface area (Å²) >= 11 is 0. The van der Waals surface area contributed by atoms with Gasteiger partial charge in [0.05, 0.1) is 23.8 Å². The highest BCUT2D eigenvalue weighted by molar-refractivity contribution is 5.80. The van der Waals surface area contributed by atoms with Crippen molar-refractivity contribution in [3.8, 4) is 11.1 Å². The van der Waals surface area contributed by atoms with E-state index in [1.54, 1.807) is 35.1 Å². The third-order valence-electron chi connectivity index (χ3n) is 4.24. The van der Waals surface area contributed by atoms with Crippen molar-refractivity contribution in [2.75, 3.05) is 0 Å². The predicted octanol–water partition coefficient (Wildman–Crippen LogP) is 5.30. The van der Waals surface area contributed by atoms with Crippen LogP contribution in [0.2, 0.25) is 0 Å². The topological polar surface area (TPSA) is 30.7 Å². The van der Waals surface area contributed by atoms with Crippen LogP contribution in [0.3, 0.4) is 0 Å². The standard InChI is InChI=1S/C20H13F4N3/c21-17-6-1-3-13(7-17)12-27-19-9-15(10-25-18(19)11-26-27)14-4-2-5-16(8-14)20(22,23)24/h1-11H,12H2. The van der Waals surface area contributed by atoms with E-state index in [0.29, 0.717) is 28.7 Å². The Labute approximate surface area is 151 Å². The molecule has 0 spiro atoms. The van der Waals surface area contributed by atoms with Crippen LogP contribution < -0.4 is 0 Å². The molecule has 0 saturated heterocycles. The summed E-state index contributed by atoms with van der Waals surface area (Å²) in [7, 11) is 0. The van der Waals surface area contributed by atoms with Gasteiger partial charge in [0, 0.05) is 11.8 Å². The SMILES string of the molecule is Fc1cccc(Cn2ncc3ncc(-c4cccc(C(F)(F)F)c4)cc32)c1. The van der Waals surface area contributed by atoms with Crippen LogP contribution in [0.5, 0.6) is 0 Å². The maximum Gasteiger partial charge on any atom is 0.416 e. The Bertz CT molecular complexity index is 1120. The van der Waals surface area contributed by atoms with Crippen molar-refractivity contribution in [2.45, 2.75) is 12.7 Å². The first-order chi connectivity index (χ1) is 12.9. The van der Waals surface area contributed by atoms with Crippen LogP contribution in [0.25, 0.3) is 22.2 Å². The lowest BCUT2D eigenvalue weighted by Gasteiger charge is -2.09. The normalized spacial score (nSPS) is 11.9. The lowest BCUT2D eigenvalue weighted by atomic mass is 10.0. The molecule has 27 heavy (non-hydrogen) atoms. The molecule has 4 aromatic rings. The molecular weight excluding hydrogens is 358 g/mol. The monoisotopic (exact) mass is 371 g/mol. The van der Waals surface area contributed by atoms with Crippen LogP contribution in [0.4, 0.5) is 17.6 Å². The van der Waals surface area contributed by atoms with Crippen molar-refractivity contribution in [3.63, 3.8) is 0 Å². The van der Waals surface area contributed by atoms with Crippen LogP contribution in [-0.2, 0) is 12.7 Å². The van der Waals surface area contributed by atoms with Crippen LogP contribution in [0, 0.1) is 5.82 Å². The van der Waals surface area contributed by atoms with Gasteiger partial charge in [-0.05, 0) is 41.5 Å². The van der Waals surface area contributed by atoms with Gasteiger partial charge >= 0.3 is 6.18 Å². The molecule has 0 aliphatic carbocycles. The van der Waals surface area contributed by atoms with E-state index >= 15 is 0 Å². The van der Waals surface area contributed by atoms with Crippen LogP contribution in [-0.4, -0.2) is 14.8 Å². The van der Waals surface area contributed by atoms with Crippen molar-refractivity contribution in [1.82, 2.24) is 14.8 Å². The molecule has 2 aromatic heterocycles. The summed E-state index contributed by atoms with van der Waals surface area (Å²) in [4.78, 5) is 4.29. The average molecular weight is 371 g/mol. The highest BCUT2D eigenvalue weighted by Crippen LogP contribution is 2.32. The Morgan fingerprint density at radius 2 is 1.70 bits per heavy atom. The second-order valence-electron chi connectivity index (χ2n) is 6.14. The summed E-state index contributed by atoms with van der Waals surface area (Å²) in [6, 6.07) is 13.0. The Morgan fingerprint density at radius 3 is 2.48 bits per heavy atom. The van der Waals surface area contributed by atoms with Crippen LogP contribution in [0.15, 0.2) is 67.0 Å². The van der Waals surface area contributed by atoms with Gasteiger partial charge in [-0.3, -0.25) is 9.67 Å². The van der Waals surface area contributed by atoms with E-state index in [0.717, 1.165) is 17.7 Å². The number of fused-ring (bicyclic) bond motifs is 1. The minimum absolute atomic E-state index is 0.328. The fourth-order valence-corrected chi connectivity index (χ4v) is 2.92. The summed E-state index contributed by atoms with van der Waals surface area (Å²) in [5.74, 6) is -0.341. The van der Waals surface area contributed by atoms with E-state index in [9.17, 15) is 17.6 Å². The molecule has 7 heteroatoms. The van der Waals surface area contributed by atoms with E-state index in [2.05, 4.69) is 10.1 Å². The Balaban J connectivity index is 1.74. The number of nitrogens with zero attached hydrogens (tertiary/aromatic N) is 3. The molecule has 0 aliphatic rings. The Morgan fingerprint density at radius 1 is 0.889 bits per heavy atom.